The molecule has 0 spiro atoms. The number of carbonyl (C=O) groups is 1. The molecule has 0 radical (unpaired) electrons. The van der Waals surface area contributed by atoms with Gasteiger partial charge in [-0.25, -0.2) is 0 Å². The minimum absolute atomic E-state index is 0.141. The molecule has 0 aliphatic heterocycles. The lowest BCUT2D eigenvalue weighted by molar-refractivity contribution is 0.0902. The molecule has 4 heteroatoms. The first-order chi connectivity index (χ1) is 7.15. The number of carbonyl (C=O) groups excluding carboxylic acids is 1. The zero-order chi connectivity index (χ0) is 11.3. The number of aryl methyl sites for hydroxylation is 1. The fourth-order valence-corrected chi connectivity index (χ4v) is 1.43. The highest BCUT2D eigenvalue weighted by molar-refractivity contribution is 5.92. The first-order valence-electron chi connectivity index (χ1n) is 5.22. The maximum atomic E-state index is 11.6. The second kappa shape index (κ2) is 5.56. The third-order valence-corrected chi connectivity index (χ3v) is 2.30. The smallest absolute Gasteiger partial charge is 0.267 e. The van der Waals surface area contributed by atoms with E-state index in [-0.39, 0.29) is 5.91 Å². The van der Waals surface area contributed by atoms with Gasteiger partial charge >= 0.3 is 0 Å². The lowest BCUT2D eigenvalue weighted by Gasteiger charge is -2.10. The molecule has 2 N–H and O–H groups in total. The molecule has 1 amide bonds. The molecule has 1 aromatic rings. The predicted octanol–water partition coefficient (Wildman–Crippen LogP) is 0.916. The molecule has 1 rings (SSSR count). The highest BCUT2D eigenvalue weighted by Crippen LogP contribution is 2.00. The van der Waals surface area contributed by atoms with Crippen molar-refractivity contribution in [3.8, 4) is 0 Å². The summed E-state index contributed by atoms with van der Waals surface area (Å²) in [5, 5.41) is 12.1. The monoisotopic (exact) mass is 210 g/mol. The van der Waals surface area contributed by atoms with Gasteiger partial charge in [0.15, 0.2) is 0 Å². The predicted molar refractivity (Wildman–Crippen MR) is 58.7 cm³/mol. The van der Waals surface area contributed by atoms with Gasteiger partial charge in [-0.3, -0.25) is 4.79 Å². The van der Waals surface area contributed by atoms with Gasteiger partial charge in [-0.1, -0.05) is 13.3 Å². The van der Waals surface area contributed by atoms with Crippen LogP contribution in [-0.2, 0) is 7.05 Å². The summed E-state index contributed by atoms with van der Waals surface area (Å²) in [5.41, 5.74) is 0.610. The molecular formula is C11H18N2O2. The molecule has 0 bridgehead atoms. The van der Waals surface area contributed by atoms with E-state index in [0.29, 0.717) is 18.7 Å². The van der Waals surface area contributed by atoms with Crippen LogP contribution in [0, 0.1) is 0 Å². The Morgan fingerprint density at radius 3 is 2.93 bits per heavy atom. The van der Waals surface area contributed by atoms with E-state index in [9.17, 15) is 9.90 Å². The van der Waals surface area contributed by atoms with E-state index in [0.717, 1.165) is 6.42 Å². The Kier molecular flexibility index (Phi) is 4.37. The average molecular weight is 210 g/mol. The highest BCUT2D eigenvalue weighted by atomic mass is 16.3. The summed E-state index contributed by atoms with van der Waals surface area (Å²) in [7, 11) is 1.82. The Balaban J connectivity index is 2.40. The van der Waals surface area contributed by atoms with Crippen molar-refractivity contribution in [2.75, 3.05) is 6.54 Å². The maximum absolute atomic E-state index is 11.6. The Hall–Kier alpha value is -1.29. The number of amides is 1. The molecular weight excluding hydrogens is 192 g/mol. The zero-order valence-corrected chi connectivity index (χ0v) is 9.23. The minimum atomic E-state index is -0.445. The Morgan fingerprint density at radius 1 is 1.67 bits per heavy atom. The van der Waals surface area contributed by atoms with Gasteiger partial charge in [0, 0.05) is 19.8 Å². The van der Waals surface area contributed by atoms with Gasteiger partial charge in [0.05, 0.1) is 6.10 Å². The van der Waals surface area contributed by atoms with Crippen molar-refractivity contribution in [1.29, 1.82) is 0 Å². The van der Waals surface area contributed by atoms with Gasteiger partial charge in [0.1, 0.15) is 5.69 Å². The normalized spacial score (nSPS) is 12.5. The Bertz CT molecular complexity index is 320. The number of nitrogens with zero attached hydrogens (tertiary/aromatic N) is 1. The second-order valence-electron chi connectivity index (χ2n) is 3.66. The molecule has 0 aromatic carbocycles. The molecule has 0 aliphatic rings. The molecule has 1 heterocycles. The fraction of sp³-hybridized carbons (Fsp3) is 0.545. The van der Waals surface area contributed by atoms with E-state index in [2.05, 4.69) is 5.32 Å². The van der Waals surface area contributed by atoms with Crippen molar-refractivity contribution in [3.63, 3.8) is 0 Å². The first kappa shape index (κ1) is 11.8. The third-order valence-electron chi connectivity index (χ3n) is 2.30. The van der Waals surface area contributed by atoms with Crippen molar-refractivity contribution in [2.24, 2.45) is 7.05 Å². The van der Waals surface area contributed by atoms with Gasteiger partial charge in [0.2, 0.25) is 0 Å². The van der Waals surface area contributed by atoms with Crippen LogP contribution >= 0.6 is 0 Å². The summed E-state index contributed by atoms with van der Waals surface area (Å²) in [4.78, 5) is 11.6. The summed E-state index contributed by atoms with van der Waals surface area (Å²) in [6.45, 7) is 2.32. The van der Waals surface area contributed by atoms with Crippen LogP contribution in [0.2, 0.25) is 0 Å². The summed E-state index contributed by atoms with van der Waals surface area (Å²) >= 11 is 0. The number of nitrogens with one attached hydrogen (secondary N) is 1. The van der Waals surface area contributed by atoms with Crippen molar-refractivity contribution in [1.82, 2.24) is 9.88 Å². The number of rotatable bonds is 5. The van der Waals surface area contributed by atoms with E-state index in [1.807, 2.05) is 26.2 Å². The van der Waals surface area contributed by atoms with Gasteiger partial charge in [-0.15, -0.1) is 0 Å². The topological polar surface area (TPSA) is 54.3 Å². The summed E-state index contributed by atoms with van der Waals surface area (Å²) in [5.74, 6) is -0.141. The van der Waals surface area contributed by atoms with Crippen LogP contribution in [0.4, 0.5) is 0 Å². The SMILES string of the molecule is CCCC(O)CNC(=O)c1cccn1C. The third kappa shape index (κ3) is 3.40. The van der Waals surface area contributed by atoms with Crippen molar-refractivity contribution in [2.45, 2.75) is 25.9 Å². The van der Waals surface area contributed by atoms with Crippen LogP contribution in [0.25, 0.3) is 0 Å². The Labute approximate surface area is 89.9 Å². The highest BCUT2D eigenvalue weighted by Gasteiger charge is 2.10. The number of hydrogen-bond donors (Lipinski definition) is 2. The van der Waals surface area contributed by atoms with Crippen LogP contribution in [-0.4, -0.2) is 28.2 Å². The van der Waals surface area contributed by atoms with E-state index >= 15 is 0 Å². The van der Waals surface area contributed by atoms with E-state index in [4.69, 9.17) is 0 Å². The zero-order valence-electron chi connectivity index (χ0n) is 9.23. The number of aliphatic hydroxyl groups excluding tert-OH is 1. The van der Waals surface area contributed by atoms with Crippen LogP contribution in [0.15, 0.2) is 18.3 Å². The molecule has 0 saturated carbocycles. The van der Waals surface area contributed by atoms with Gasteiger partial charge in [-0.05, 0) is 18.6 Å². The molecule has 1 atom stereocenters. The molecule has 4 nitrogen and oxygen atoms in total. The number of aliphatic hydroxyl groups is 1. The van der Waals surface area contributed by atoms with E-state index in [1.165, 1.54) is 0 Å². The molecule has 15 heavy (non-hydrogen) atoms. The van der Waals surface area contributed by atoms with E-state index in [1.54, 1.807) is 10.6 Å². The Morgan fingerprint density at radius 2 is 2.40 bits per heavy atom. The van der Waals surface area contributed by atoms with Crippen molar-refractivity contribution in [3.05, 3.63) is 24.0 Å². The van der Waals surface area contributed by atoms with Crippen LogP contribution in [0.5, 0.6) is 0 Å². The lowest BCUT2D eigenvalue weighted by Crippen LogP contribution is -2.32. The van der Waals surface area contributed by atoms with Gasteiger partial charge in [-0.2, -0.15) is 0 Å². The standard InChI is InChI=1S/C11H18N2O2/c1-3-5-9(14)8-12-11(15)10-6-4-7-13(10)2/h4,6-7,9,14H,3,5,8H2,1-2H3,(H,12,15). The molecule has 1 aromatic heterocycles. The molecule has 84 valence electrons. The van der Waals surface area contributed by atoms with Crippen LogP contribution < -0.4 is 5.32 Å². The summed E-state index contributed by atoms with van der Waals surface area (Å²) < 4.78 is 1.75. The van der Waals surface area contributed by atoms with E-state index < -0.39 is 6.10 Å². The lowest BCUT2D eigenvalue weighted by atomic mass is 10.2. The second-order valence-corrected chi connectivity index (χ2v) is 3.66. The number of aromatic nitrogens is 1. The fourth-order valence-electron chi connectivity index (χ4n) is 1.43. The summed E-state index contributed by atoms with van der Waals surface area (Å²) in [6, 6.07) is 3.57. The first-order valence-corrected chi connectivity index (χ1v) is 5.22. The quantitative estimate of drug-likeness (QED) is 0.759. The van der Waals surface area contributed by atoms with Crippen LogP contribution in [0.1, 0.15) is 30.3 Å². The largest absolute Gasteiger partial charge is 0.391 e. The summed E-state index contributed by atoms with van der Waals surface area (Å²) in [6.07, 6.45) is 3.01. The molecule has 0 aliphatic carbocycles. The van der Waals surface area contributed by atoms with Crippen molar-refractivity contribution >= 4 is 5.91 Å². The van der Waals surface area contributed by atoms with Gasteiger partial charge < -0.3 is 15.0 Å². The maximum Gasteiger partial charge on any atom is 0.267 e. The average Bonchev–Trinajstić information content (AvgIpc) is 2.61. The molecule has 1 unspecified atom stereocenters. The van der Waals surface area contributed by atoms with Crippen LogP contribution in [0.3, 0.4) is 0 Å². The van der Waals surface area contributed by atoms with Gasteiger partial charge in [0.25, 0.3) is 5.91 Å². The molecule has 0 fully saturated rings. The molecule has 0 saturated heterocycles. The number of hydrogen-bond acceptors (Lipinski definition) is 2. The van der Waals surface area contributed by atoms with Crippen molar-refractivity contribution < 1.29 is 9.90 Å². The minimum Gasteiger partial charge on any atom is -0.391 e.